The van der Waals surface area contributed by atoms with Crippen LogP contribution in [0.2, 0.25) is 10.0 Å². The molecule has 10 heteroatoms. The first-order chi connectivity index (χ1) is 19.0. The van der Waals surface area contributed by atoms with Crippen LogP contribution in [-0.2, 0) is 39.0 Å². The van der Waals surface area contributed by atoms with Crippen molar-refractivity contribution in [3.8, 4) is 0 Å². The first kappa shape index (κ1) is 31.5. The number of rotatable bonds is 13. The maximum atomic E-state index is 13.7. The molecule has 0 aliphatic heterocycles. The maximum absolute atomic E-state index is 13.7. The molecule has 3 aromatic rings. The number of nitrogens with one attached hydrogen (secondary N) is 1. The standard InChI is InChI=1S/C30H35Cl2N3O4S/c1-4-22-12-15-25(16-13-22)35(40(3,38)39)18-8-11-29(36)34(21-24-14-17-26(31)27(32)19-24)28(30(37)33-2)20-23-9-6-5-7-10-23/h5-7,9-10,12-17,19,28H,4,8,11,18,20-21H2,1-3H3,(H,33,37)/t28-/m1/s1. The average Bonchev–Trinajstić information content (AvgIpc) is 2.94. The highest BCUT2D eigenvalue weighted by molar-refractivity contribution is 7.92. The highest BCUT2D eigenvalue weighted by Gasteiger charge is 2.30. The van der Waals surface area contributed by atoms with E-state index in [0.29, 0.717) is 22.2 Å². The summed E-state index contributed by atoms with van der Waals surface area (Å²) in [5, 5.41) is 3.43. The predicted octanol–water partition coefficient (Wildman–Crippen LogP) is 5.49. The Bertz CT molecular complexity index is 1400. The quantitative estimate of drug-likeness (QED) is 0.280. The van der Waals surface area contributed by atoms with E-state index in [1.165, 1.54) is 16.3 Å². The van der Waals surface area contributed by atoms with Gasteiger partial charge in [0.1, 0.15) is 6.04 Å². The van der Waals surface area contributed by atoms with Crippen molar-refractivity contribution in [1.29, 1.82) is 0 Å². The highest BCUT2D eigenvalue weighted by Crippen LogP contribution is 2.25. The van der Waals surface area contributed by atoms with E-state index >= 15 is 0 Å². The molecule has 0 fully saturated rings. The van der Waals surface area contributed by atoms with E-state index in [-0.39, 0.29) is 37.7 Å². The summed E-state index contributed by atoms with van der Waals surface area (Å²) < 4.78 is 26.5. The van der Waals surface area contributed by atoms with E-state index in [4.69, 9.17) is 23.2 Å². The molecule has 0 saturated carbocycles. The fourth-order valence-corrected chi connectivity index (χ4v) is 5.74. The normalized spacial score (nSPS) is 12.0. The monoisotopic (exact) mass is 603 g/mol. The van der Waals surface area contributed by atoms with Gasteiger partial charge >= 0.3 is 0 Å². The molecule has 214 valence electrons. The van der Waals surface area contributed by atoms with Crippen LogP contribution < -0.4 is 9.62 Å². The Hall–Kier alpha value is -3.07. The van der Waals surface area contributed by atoms with Gasteiger partial charge < -0.3 is 10.2 Å². The van der Waals surface area contributed by atoms with Crippen LogP contribution >= 0.6 is 23.2 Å². The van der Waals surface area contributed by atoms with Crippen molar-refractivity contribution in [2.24, 2.45) is 0 Å². The SMILES string of the molecule is CCc1ccc(N(CCCC(=O)N(Cc2ccc(Cl)c(Cl)c2)[C@H](Cc2ccccc2)C(=O)NC)S(C)(=O)=O)cc1. The molecule has 3 aromatic carbocycles. The topological polar surface area (TPSA) is 86.8 Å². The van der Waals surface area contributed by atoms with Crippen LogP contribution in [0, 0.1) is 0 Å². The molecule has 0 aliphatic rings. The lowest BCUT2D eigenvalue weighted by Crippen LogP contribution is -2.49. The molecule has 0 spiro atoms. The number of amides is 2. The molecule has 40 heavy (non-hydrogen) atoms. The van der Waals surface area contributed by atoms with E-state index in [1.807, 2.05) is 49.4 Å². The molecule has 0 unspecified atom stereocenters. The summed E-state index contributed by atoms with van der Waals surface area (Å²) in [5.74, 6) is -0.573. The third-order valence-electron chi connectivity index (χ3n) is 6.64. The van der Waals surface area contributed by atoms with Gasteiger partial charge in [-0.15, -0.1) is 0 Å². The average molecular weight is 605 g/mol. The number of halogens is 2. The van der Waals surface area contributed by atoms with E-state index < -0.39 is 16.1 Å². The molecule has 0 bridgehead atoms. The zero-order chi connectivity index (χ0) is 29.3. The molecular weight excluding hydrogens is 569 g/mol. The molecule has 3 rings (SSSR count). The van der Waals surface area contributed by atoms with E-state index in [9.17, 15) is 18.0 Å². The lowest BCUT2D eigenvalue weighted by molar-refractivity contribution is -0.141. The summed E-state index contributed by atoms with van der Waals surface area (Å²) in [6.07, 6.45) is 2.62. The van der Waals surface area contributed by atoms with Gasteiger partial charge in [-0.1, -0.05) is 78.7 Å². The van der Waals surface area contributed by atoms with E-state index in [2.05, 4.69) is 5.32 Å². The molecule has 0 heterocycles. The van der Waals surface area contributed by atoms with Crippen LogP contribution in [0.1, 0.15) is 36.5 Å². The number of benzene rings is 3. The Morgan fingerprint density at radius 2 is 1.55 bits per heavy atom. The van der Waals surface area contributed by atoms with E-state index in [0.717, 1.165) is 29.4 Å². The van der Waals surface area contributed by atoms with Crippen LogP contribution in [-0.4, -0.2) is 51.0 Å². The van der Waals surface area contributed by atoms with Crippen LogP contribution in [0.4, 0.5) is 5.69 Å². The number of sulfonamides is 1. The second kappa shape index (κ2) is 14.5. The summed E-state index contributed by atoms with van der Waals surface area (Å²) in [5.41, 5.74) is 3.27. The van der Waals surface area contributed by atoms with Crippen molar-refractivity contribution < 1.29 is 18.0 Å². The minimum Gasteiger partial charge on any atom is -0.357 e. The third kappa shape index (κ3) is 8.71. The maximum Gasteiger partial charge on any atom is 0.242 e. The molecule has 1 atom stereocenters. The molecule has 0 radical (unpaired) electrons. The summed E-state index contributed by atoms with van der Waals surface area (Å²) in [7, 11) is -2.03. The molecule has 1 N–H and O–H groups in total. The van der Waals surface area contributed by atoms with Crippen molar-refractivity contribution in [2.45, 2.75) is 45.2 Å². The van der Waals surface area contributed by atoms with Crippen molar-refractivity contribution >= 4 is 50.7 Å². The Morgan fingerprint density at radius 1 is 0.900 bits per heavy atom. The fourth-order valence-electron chi connectivity index (χ4n) is 4.46. The van der Waals surface area contributed by atoms with Gasteiger partial charge in [-0.25, -0.2) is 8.42 Å². The van der Waals surface area contributed by atoms with Gasteiger partial charge in [0.15, 0.2) is 0 Å². The number of hydrogen-bond donors (Lipinski definition) is 1. The number of hydrogen-bond acceptors (Lipinski definition) is 4. The predicted molar refractivity (Wildman–Crippen MR) is 162 cm³/mol. The summed E-state index contributed by atoms with van der Waals surface area (Å²) in [6.45, 7) is 2.29. The summed E-state index contributed by atoms with van der Waals surface area (Å²) in [6, 6.07) is 21.1. The Labute approximate surface area is 247 Å². The van der Waals surface area contributed by atoms with Crippen LogP contribution in [0.15, 0.2) is 72.8 Å². The molecular formula is C30H35Cl2N3O4S. The minimum atomic E-state index is -3.57. The summed E-state index contributed by atoms with van der Waals surface area (Å²) in [4.78, 5) is 28.3. The molecule has 0 aliphatic carbocycles. The molecule has 0 saturated heterocycles. The largest absolute Gasteiger partial charge is 0.357 e. The van der Waals surface area contributed by atoms with Crippen LogP contribution in [0.3, 0.4) is 0 Å². The number of anilines is 1. The lowest BCUT2D eigenvalue weighted by atomic mass is 10.0. The van der Waals surface area contributed by atoms with Gasteiger partial charge in [0, 0.05) is 33.0 Å². The molecule has 7 nitrogen and oxygen atoms in total. The van der Waals surface area contributed by atoms with Crippen molar-refractivity contribution in [1.82, 2.24) is 10.2 Å². The van der Waals surface area contributed by atoms with Gasteiger partial charge in [0.2, 0.25) is 21.8 Å². The second-order valence-electron chi connectivity index (χ2n) is 9.55. The van der Waals surface area contributed by atoms with Crippen LogP contribution in [0.25, 0.3) is 0 Å². The van der Waals surface area contributed by atoms with Crippen molar-refractivity contribution in [3.05, 3.63) is 99.5 Å². The van der Waals surface area contributed by atoms with Gasteiger partial charge in [-0.05, 0) is 53.8 Å². The fraction of sp³-hybridized carbons (Fsp3) is 0.333. The smallest absolute Gasteiger partial charge is 0.242 e. The minimum absolute atomic E-state index is 0.0443. The second-order valence-corrected chi connectivity index (χ2v) is 12.3. The number of nitrogens with zero attached hydrogens (tertiary/aromatic N) is 2. The van der Waals surface area contributed by atoms with Crippen LogP contribution in [0.5, 0.6) is 0 Å². The Balaban J connectivity index is 1.85. The van der Waals surface area contributed by atoms with Crippen molar-refractivity contribution in [2.75, 3.05) is 24.2 Å². The summed E-state index contributed by atoms with van der Waals surface area (Å²) >= 11 is 12.3. The molecule has 2 amide bonds. The van der Waals surface area contributed by atoms with Gasteiger partial charge in [0.05, 0.1) is 22.0 Å². The first-order valence-electron chi connectivity index (χ1n) is 13.1. The van der Waals surface area contributed by atoms with E-state index in [1.54, 1.807) is 30.3 Å². The number of carbonyl (C=O) groups excluding carboxylic acids is 2. The van der Waals surface area contributed by atoms with Gasteiger partial charge in [0.25, 0.3) is 0 Å². The Kier molecular flexibility index (Phi) is 11.4. The van der Waals surface area contributed by atoms with Gasteiger partial charge in [-0.2, -0.15) is 0 Å². The molecule has 0 aromatic heterocycles. The first-order valence-corrected chi connectivity index (χ1v) is 15.7. The number of aryl methyl sites for hydroxylation is 1. The lowest BCUT2D eigenvalue weighted by Gasteiger charge is -2.31. The highest BCUT2D eigenvalue weighted by atomic mass is 35.5. The number of carbonyl (C=O) groups is 2. The zero-order valence-corrected chi connectivity index (χ0v) is 25.3. The third-order valence-corrected chi connectivity index (χ3v) is 8.57. The number of likely N-dealkylation sites (N-methyl/N-ethyl adjacent to an activating group) is 1. The Morgan fingerprint density at radius 3 is 2.12 bits per heavy atom. The zero-order valence-electron chi connectivity index (χ0n) is 22.9. The van der Waals surface area contributed by atoms with Crippen molar-refractivity contribution in [3.63, 3.8) is 0 Å². The van der Waals surface area contributed by atoms with Gasteiger partial charge in [-0.3, -0.25) is 13.9 Å².